The van der Waals surface area contributed by atoms with Crippen LogP contribution in [-0.2, 0) is 11.2 Å². The SMILES string of the molecule is CN1CCCc2c1nc(N)nc2N1CCOCC1. The Morgan fingerprint density at radius 1 is 1.11 bits per heavy atom. The fourth-order valence-electron chi connectivity index (χ4n) is 2.65. The molecule has 0 bridgehead atoms. The van der Waals surface area contributed by atoms with Crippen molar-refractivity contribution in [3.05, 3.63) is 5.56 Å². The van der Waals surface area contributed by atoms with Crippen LogP contribution >= 0.6 is 0 Å². The van der Waals surface area contributed by atoms with Crippen LogP contribution in [-0.4, -0.2) is 49.9 Å². The number of nitrogens with zero attached hydrogens (tertiary/aromatic N) is 4. The summed E-state index contributed by atoms with van der Waals surface area (Å²) in [4.78, 5) is 13.3. The molecule has 2 N–H and O–H groups in total. The number of hydrogen-bond donors (Lipinski definition) is 1. The Morgan fingerprint density at radius 2 is 1.83 bits per heavy atom. The summed E-state index contributed by atoms with van der Waals surface area (Å²) in [5, 5.41) is 0. The number of morpholine rings is 1. The molecular weight excluding hydrogens is 230 g/mol. The number of hydrogen-bond acceptors (Lipinski definition) is 6. The zero-order valence-corrected chi connectivity index (χ0v) is 10.7. The Kier molecular flexibility index (Phi) is 2.95. The molecule has 2 aliphatic heterocycles. The Bertz CT molecular complexity index is 444. The second-order valence-electron chi connectivity index (χ2n) is 4.83. The largest absolute Gasteiger partial charge is 0.378 e. The number of aromatic nitrogens is 2. The first-order valence-corrected chi connectivity index (χ1v) is 6.46. The van der Waals surface area contributed by atoms with Crippen molar-refractivity contribution in [1.82, 2.24) is 9.97 Å². The molecule has 0 saturated carbocycles. The zero-order chi connectivity index (χ0) is 12.5. The molecule has 0 aliphatic carbocycles. The number of ether oxygens (including phenoxy) is 1. The highest BCUT2D eigenvalue weighted by molar-refractivity contribution is 5.63. The van der Waals surface area contributed by atoms with E-state index in [4.69, 9.17) is 10.5 Å². The van der Waals surface area contributed by atoms with Crippen molar-refractivity contribution >= 4 is 17.6 Å². The molecule has 0 radical (unpaired) electrons. The Balaban J connectivity index is 2.02. The molecule has 1 aromatic heterocycles. The van der Waals surface area contributed by atoms with E-state index in [1.54, 1.807) is 0 Å². The molecule has 3 heterocycles. The Morgan fingerprint density at radius 3 is 2.61 bits per heavy atom. The van der Waals surface area contributed by atoms with Gasteiger partial charge in [-0.25, -0.2) is 0 Å². The van der Waals surface area contributed by atoms with Crippen LogP contribution in [0.25, 0.3) is 0 Å². The predicted molar refractivity (Wildman–Crippen MR) is 71.1 cm³/mol. The summed E-state index contributed by atoms with van der Waals surface area (Å²) in [5.74, 6) is 2.37. The molecule has 0 amide bonds. The molecule has 3 rings (SSSR count). The summed E-state index contributed by atoms with van der Waals surface area (Å²) in [7, 11) is 2.06. The average molecular weight is 249 g/mol. The molecule has 1 aromatic rings. The number of nitrogen functional groups attached to an aromatic ring is 1. The van der Waals surface area contributed by atoms with Crippen molar-refractivity contribution in [1.29, 1.82) is 0 Å². The molecule has 0 aromatic carbocycles. The first-order chi connectivity index (χ1) is 8.75. The first kappa shape index (κ1) is 11.5. The van der Waals surface area contributed by atoms with Gasteiger partial charge in [-0.05, 0) is 12.8 Å². The lowest BCUT2D eigenvalue weighted by Crippen LogP contribution is -2.38. The second-order valence-corrected chi connectivity index (χ2v) is 4.83. The number of rotatable bonds is 1. The zero-order valence-electron chi connectivity index (χ0n) is 10.7. The molecule has 6 nitrogen and oxygen atoms in total. The monoisotopic (exact) mass is 249 g/mol. The van der Waals surface area contributed by atoms with E-state index in [0.29, 0.717) is 5.95 Å². The minimum absolute atomic E-state index is 0.365. The van der Waals surface area contributed by atoms with Crippen LogP contribution in [0.1, 0.15) is 12.0 Å². The highest BCUT2D eigenvalue weighted by atomic mass is 16.5. The summed E-state index contributed by atoms with van der Waals surface area (Å²) < 4.78 is 5.39. The third-order valence-electron chi connectivity index (χ3n) is 3.57. The van der Waals surface area contributed by atoms with Crippen molar-refractivity contribution in [2.24, 2.45) is 0 Å². The predicted octanol–water partition coefficient (Wildman–Crippen LogP) is 0.278. The van der Waals surface area contributed by atoms with Crippen molar-refractivity contribution in [2.75, 3.05) is 55.4 Å². The maximum Gasteiger partial charge on any atom is 0.223 e. The van der Waals surface area contributed by atoms with Crippen LogP contribution in [0.15, 0.2) is 0 Å². The van der Waals surface area contributed by atoms with Crippen molar-refractivity contribution in [3.8, 4) is 0 Å². The first-order valence-electron chi connectivity index (χ1n) is 6.46. The van der Waals surface area contributed by atoms with E-state index in [1.807, 2.05) is 0 Å². The van der Waals surface area contributed by atoms with Gasteiger partial charge in [0.05, 0.1) is 13.2 Å². The third kappa shape index (κ3) is 1.96. The smallest absolute Gasteiger partial charge is 0.223 e. The van der Waals surface area contributed by atoms with E-state index >= 15 is 0 Å². The van der Waals surface area contributed by atoms with Crippen molar-refractivity contribution in [3.63, 3.8) is 0 Å². The van der Waals surface area contributed by atoms with Crippen LogP contribution in [0, 0.1) is 0 Å². The van der Waals surface area contributed by atoms with Gasteiger partial charge in [-0.1, -0.05) is 0 Å². The van der Waals surface area contributed by atoms with Gasteiger partial charge in [0, 0.05) is 32.2 Å². The standard InChI is InChI=1S/C12H19N5O/c1-16-4-2-3-9-10(16)14-12(13)15-11(9)17-5-7-18-8-6-17/h2-8H2,1H3,(H2,13,14,15). The van der Waals surface area contributed by atoms with E-state index in [2.05, 4.69) is 26.8 Å². The van der Waals surface area contributed by atoms with Crippen LogP contribution in [0.2, 0.25) is 0 Å². The van der Waals surface area contributed by atoms with Gasteiger partial charge in [-0.15, -0.1) is 0 Å². The van der Waals surface area contributed by atoms with Gasteiger partial charge in [-0.3, -0.25) is 0 Å². The minimum atomic E-state index is 0.365. The molecule has 18 heavy (non-hydrogen) atoms. The molecule has 6 heteroatoms. The third-order valence-corrected chi connectivity index (χ3v) is 3.57. The minimum Gasteiger partial charge on any atom is -0.378 e. The summed E-state index contributed by atoms with van der Waals surface area (Å²) in [6.07, 6.45) is 2.18. The molecule has 98 valence electrons. The van der Waals surface area contributed by atoms with E-state index in [9.17, 15) is 0 Å². The Labute approximate surface area is 107 Å². The van der Waals surface area contributed by atoms with E-state index in [0.717, 1.165) is 57.3 Å². The van der Waals surface area contributed by atoms with E-state index in [-0.39, 0.29) is 0 Å². The quantitative estimate of drug-likeness (QED) is 0.771. The number of nitrogens with two attached hydrogens (primary N) is 1. The van der Waals surface area contributed by atoms with Crippen LogP contribution in [0.3, 0.4) is 0 Å². The Hall–Kier alpha value is -1.56. The molecule has 0 atom stereocenters. The molecular formula is C12H19N5O. The lowest BCUT2D eigenvalue weighted by Gasteiger charge is -2.33. The van der Waals surface area contributed by atoms with Crippen LogP contribution in [0.4, 0.5) is 17.6 Å². The topological polar surface area (TPSA) is 67.5 Å². The summed E-state index contributed by atoms with van der Waals surface area (Å²) in [5.41, 5.74) is 7.08. The highest BCUT2D eigenvalue weighted by Crippen LogP contribution is 2.32. The van der Waals surface area contributed by atoms with Gasteiger partial charge in [0.15, 0.2) is 0 Å². The normalized spacial score (nSPS) is 19.8. The van der Waals surface area contributed by atoms with E-state index in [1.165, 1.54) is 5.56 Å². The lowest BCUT2D eigenvalue weighted by atomic mass is 10.1. The van der Waals surface area contributed by atoms with Gasteiger partial charge in [-0.2, -0.15) is 9.97 Å². The summed E-state index contributed by atoms with van der Waals surface area (Å²) in [6, 6.07) is 0. The van der Waals surface area contributed by atoms with Gasteiger partial charge >= 0.3 is 0 Å². The molecule has 1 fully saturated rings. The molecule has 1 saturated heterocycles. The van der Waals surface area contributed by atoms with Crippen LogP contribution in [0.5, 0.6) is 0 Å². The van der Waals surface area contributed by atoms with Gasteiger partial charge < -0.3 is 20.3 Å². The summed E-state index contributed by atoms with van der Waals surface area (Å²) >= 11 is 0. The van der Waals surface area contributed by atoms with Crippen molar-refractivity contribution in [2.45, 2.75) is 12.8 Å². The second kappa shape index (κ2) is 4.61. The number of fused-ring (bicyclic) bond motifs is 1. The van der Waals surface area contributed by atoms with Gasteiger partial charge in [0.2, 0.25) is 5.95 Å². The maximum absolute atomic E-state index is 5.84. The lowest BCUT2D eigenvalue weighted by molar-refractivity contribution is 0.122. The average Bonchev–Trinajstić information content (AvgIpc) is 2.40. The highest BCUT2D eigenvalue weighted by Gasteiger charge is 2.24. The molecule has 2 aliphatic rings. The number of anilines is 3. The molecule has 0 unspecified atom stereocenters. The van der Waals surface area contributed by atoms with Crippen molar-refractivity contribution < 1.29 is 4.74 Å². The van der Waals surface area contributed by atoms with Gasteiger partial charge in [0.1, 0.15) is 11.6 Å². The molecule has 0 spiro atoms. The van der Waals surface area contributed by atoms with Crippen LogP contribution < -0.4 is 15.5 Å². The summed E-state index contributed by atoms with van der Waals surface area (Å²) in [6.45, 7) is 4.31. The fourth-order valence-corrected chi connectivity index (χ4v) is 2.65. The van der Waals surface area contributed by atoms with E-state index < -0.39 is 0 Å². The fraction of sp³-hybridized carbons (Fsp3) is 0.667. The van der Waals surface area contributed by atoms with Gasteiger partial charge in [0.25, 0.3) is 0 Å². The maximum atomic E-state index is 5.84.